The van der Waals surface area contributed by atoms with Gasteiger partial charge in [0.05, 0.1) is 0 Å². The molecule has 0 amide bonds. The summed E-state index contributed by atoms with van der Waals surface area (Å²) in [6.07, 6.45) is 2.46. The van der Waals surface area contributed by atoms with Gasteiger partial charge in [0, 0.05) is 19.5 Å². The van der Waals surface area contributed by atoms with Crippen LogP contribution >= 0.6 is 0 Å². The molecule has 4 heteroatoms. The second-order valence-electron chi connectivity index (χ2n) is 4.52. The topological polar surface area (TPSA) is 42.7 Å². The molecule has 1 unspecified atom stereocenters. The highest BCUT2D eigenvalue weighted by molar-refractivity contribution is 5.24. The molecule has 0 saturated carbocycles. The maximum atomic E-state index is 4.29. The molecule has 96 valence electrons. The van der Waals surface area contributed by atoms with Gasteiger partial charge in [0.25, 0.3) is 0 Å². The van der Waals surface area contributed by atoms with E-state index in [4.69, 9.17) is 0 Å². The summed E-state index contributed by atoms with van der Waals surface area (Å²) in [5.41, 5.74) is 2.58. The highest BCUT2D eigenvalue weighted by Crippen LogP contribution is 2.17. The Morgan fingerprint density at radius 3 is 2.56 bits per heavy atom. The molecule has 1 aromatic carbocycles. The van der Waals surface area contributed by atoms with E-state index in [1.807, 2.05) is 11.7 Å². The van der Waals surface area contributed by atoms with E-state index >= 15 is 0 Å². The van der Waals surface area contributed by atoms with Crippen LogP contribution in [-0.2, 0) is 13.5 Å². The molecule has 0 spiro atoms. The van der Waals surface area contributed by atoms with Gasteiger partial charge in [-0.15, -0.1) is 0 Å². The number of nitrogens with one attached hydrogen (secondary N) is 1. The number of likely N-dealkylation sites (N-methyl/N-ethyl adjacent to an activating group) is 1. The van der Waals surface area contributed by atoms with Gasteiger partial charge in [0.2, 0.25) is 0 Å². The van der Waals surface area contributed by atoms with Gasteiger partial charge in [0.15, 0.2) is 0 Å². The molecule has 4 nitrogen and oxygen atoms in total. The molecule has 18 heavy (non-hydrogen) atoms. The molecule has 1 atom stereocenters. The third-order valence-electron chi connectivity index (χ3n) is 3.12. The van der Waals surface area contributed by atoms with E-state index in [2.05, 4.69) is 53.5 Å². The summed E-state index contributed by atoms with van der Waals surface area (Å²) in [4.78, 5) is 4.29. The molecule has 2 rings (SSSR count). The average molecular weight is 244 g/mol. The molecule has 0 aliphatic rings. The second kappa shape index (κ2) is 5.78. The van der Waals surface area contributed by atoms with Gasteiger partial charge in [-0.1, -0.05) is 36.8 Å². The van der Waals surface area contributed by atoms with Crippen LogP contribution in [0.3, 0.4) is 0 Å². The Morgan fingerprint density at radius 1 is 1.28 bits per heavy atom. The summed E-state index contributed by atoms with van der Waals surface area (Å²) in [6, 6.07) is 8.95. The fourth-order valence-corrected chi connectivity index (χ4v) is 2.04. The van der Waals surface area contributed by atoms with Gasteiger partial charge < -0.3 is 5.32 Å². The minimum Gasteiger partial charge on any atom is -0.310 e. The number of aromatic nitrogens is 3. The standard InChI is InChI=1S/C14H20N4/c1-4-15-13(9-14-16-10-17-18(14)3)12-7-5-11(2)6-8-12/h5-8,10,13,15H,4,9H2,1-3H3. The van der Waals surface area contributed by atoms with Crippen molar-refractivity contribution in [2.45, 2.75) is 26.3 Å². The number of aryl methyl sites for hydroxylation is 2. The lowest BCUT2D eigenvalue weighted by molar-refractivity contribution is 0.522. The number of nitrogens with zero attached hydrogens (tertiary/aromatic N) is 3. The van der Waals surface area contributed by atoms with E-state index in [0.717, 1.165) is 18.8 Å². The van der Waals surface area contributed by atoms with E-state index < -0.39 is 0 Å². The normalized spacial score (nSPS) is 12.6. The molecular formula is C14H20N4. The molecule has 0 bridgehead atoms. The zero-order chi connectivity index (χ0) is 13.0. The van der Waals surface area contributed by atoms with Gasteiger partial charge in [-0.2, -0.15) is 5.10 Å². The van der Waals surface area contributed by atoms with Crippen LogP contribution in [-0.4, -0.2) is 21.3 Å². The molecule has 0 aliphatic carbocycles. The fraction of sp³-hybridized carbons (Fsp3) is 0.429. The van der Waals surface area contributed by atoms with Crippen LogP contribution in [0.2, 0.25) is 0 Å². The van der Waals surface area contributed by atoms with Crippen LogP contribution in [0.5, 0.6) is 0 Å². The fourth-order valence-electron chi connectivity index (χ4n) is 2.04. The second-order valence-corrected chi connectivity index (χ2v) is 4.52. The van der Waals surface area contributed by atoms with Gasteiger partial charge in [0.1, 0.15) is 12.2 Å². The zero-order valence-electron chi connectivity index (χ0n) is 11.2. The Kier molecular flexibility index (Phi) is 4.10. The van der Waals surface area contributed by atoms with E-state index in [1.165, 1.54) is 11.1 Å². The van der Waals surface area contributed by atoms with E-state index in [9.17, 15) is 0 Å². The molecule has 1 aromatic heterocycles. The molecule has 0 saturated heterocycles. The molecule has 0 fully saturated rings. The molecule has 1 heterocycles. The zero-order valence-corrected chi connectivity index (χ0v) is 11.2. The highest BCUT2D eigenvalue weighted by atomic mass is 15.3. The molecular weight excluding hydrogens is 224 g/mol. The summed E-state index contributed by atoms with van der Waals surface area (Å²) in [7, 11) is 1.93. The molecule has 2 aromatic rings. The first-order chi connectivity index (χ1) is 8.70. The third kappa shape index (κ3) is 2.96. The van der Waals surface area contributed by atoms with Gasteiger partial charge in [-0.25, -0.2) is 4.98 Å². The third-order valence-corrected chi connectivity index (χ3v) is 3.12. The lowest BCUT2D eigenvalue weighted by Gasteiger charge is -2.18. The van der Waals surface area contributed by atoms with Crippen LogP contribution < -0.4 is 5.32 Å². The summed E-state index contributed by atoms with van der Waals surface area (Å²) in [5.74, 6) is 1.00. The molecule has 0 radical (unpaired) electrons. The summed E-state index contributed by atoms with van der Waals surface area (Å²) >= 11 is 0. The first-order valence-corrected chi connectivity index (χ1v) is 6.33. The smallest absolute Gasteiger partial charge is 0.138 e. The van der Waals surface area contributed by atoms with E-state index in [1.54, 1.807) is 6.33 Å². The van der Waals surface area contributed by atoms with Crippen molar-refractivity contribution in [1.29, 1.82) is 0 Å². The van der Waals surface area contributed by atoms with Crippen LogP contribution in [0.4, 0.5) is 0 Å². The van der Waals surface area contributed by atoms with Crippen molar-refractivity contribution in [2.75, 3.05) is 6.54 Å². The van der Waals surface area contributed by atoms with Gasteiger partial charge >= 0.3 is 0 Å². The maximum absolute atomic E-state index is 4.29. The van der Waals surface area contributed by atoms with Crippen LogP contribution in [0.1, 0.15) is 29.9 Å². The van der Waals surface area contributed by atoms with Crippen molar-refractivity contribution in [2.24, 2.45) is 7.05 Å². The van der Waals surface area contributed by atoms with Crippen LogP contribution in [0.25, 0.3) is 0 Å². The number of hydrogen-bond donors (Lipinski definition) is 1. The Bertz CT molecular complexity index is 487. The SMILES string of the molecule is CCNC(Cc1ncnn1C)c1ccc(C)cc1. The predicted octanol–water partition coefficient (Wildman–Crippen LogP) is 2.02. The van der Waals surface area contributed by atoms with E-state index in [0.29, 0.717) is 6.04 Å². The number of hydrogen-bond acceptors (Lipinski definition) is 3. The monoisotopic (exact) mass is 244 g/mol. The highest BCUT2D eigenvalue weighted by Gasteiger charge is 2.13. The first kappa shape index (κ1) is 12.8. The minimum atomic E-state index is 0.290. The van der Waals surface area contributed by atoms with Crippen molar-refractivity contribution in [3.05, 3.63) is 47.5 Å². The van der Waals surface area contributed by atoms with Crippen LogP contribution in [0.15, 0.2) is 30.6 Å². The van der Waals surface area contributed by atoms with E-state index in [-0.39, 0.29) is 0 Å². The van der Waals surface area contributed by atoms with Crippen molar-refractivity contribution in [3.63, 3.8) is 0 Å². The summed E-state index contributed by atoms with van der Waals surface area (Å²) < 4.78 is 1.83. The summed E-state index contributed by atoms with van der Waals surface area (Å²) in [5, 5.41) is 7.62. The quantitative estimate of drug-likeness (QED) is 0.875. The lowest BCUT2D eigenvalue weighted by atomic mass is 10.0. The Hall–Kier alpha value is -1.68. The Morgan fingerprint density at radius 2 is 2.00 bits per heavy atom. The summed E-state index contributed by atoms with van der Waals surface area (Å²) in [6.45, 7) is 5.17. The minimum absolute atomic E-state index is 0.290. The molecule has 0 aliphatic heterocycles. The first-order valence-electron chi connectivity index (χ1n) is 6.33. The maximum Gasteiger partial charge on any atom is 0.138 e. The molecule has 1 N–H and O–H groups in total. The Labute approximate surface area is 108 Å². The van der Waals surface area contributed by atoms with Gasteiger partial charge in [-0.3, -0.25) is 4.68 Å². The predicted molar refractivity (Wildman–Crippen MR) is 72.3 cm³/mol. The average Bonchev–Trinajstić information content (AvgIpc) is 2.76. The van der Waals surface area contributed by atoms with Crippen molar-refractivity contribution in [3.8, 4) is 0 Å². The largest absolute Gasteiger partial charge is 0.310 e. The lowest BCUT2D eigenvalue weighted by Crippen LogP contribution is -2.24. The van der Waals surface area contributed by atoms with Crippen LogP contribution in [0, 0.1) is 6.92 Å². The number of rotatable bonds is 5. The number of benzene rings is 1. The van der Waals surface area contributed by atoms with Gasteiger partial charge in [-0.05, 0) is 19.0 Å². The van der Waals surface area contributed by atoms with Crippen molar-refractivity contribution in [1.82, 2.24) is 20.1 Å². The van der Waals surface area contributed by atoms with Crippen molar-refractivity contribution >= 4 is 0 Å². The Balaban J connectivity index is 2.18. The van der Waals surface area contributed by atoms with Crippen molar-refractivity contribution < 1.29 is 0 Å².